The van der Waals surface area contributed by atoms with E-state index in [0.717, 1.165) is 47.2 Å². The van der Waals surface area contributed by atoms with Gasteiger partial charge in [-0.2, -0.15) is 0 Å². The molecular weight excluding hydrogens is 294 g/mol. The SMILES string of the molecule is Brc1c(NC2CCCOC2)ccc2nccnc12. The van der Waals surface area contributed by atoms with Crippen molar-refractivity contribution in [3.8, 4) is 0 Å². The zero-order chi connectivity index (χ0) is 12.4. The molecular formula is C13H14BrN3O. The van der Waals surface area contributed by atoms with Crippen molar-refractivity contribution in [2.24, 2.45) is 0 Å². The van der Waals surface area contributed by atoms with Crippen LogP contribution in [0.5, 0.6) is 0 Å². The van der Waals surface area contributed by atoms with Crippen molar-refractivity contribution < 1.29 is 4.74 Å². The summed E-state index contributed by atoms with van der Waals surface area (Å²) < 4.78 is 6.45. The summed E-state index contributed by atoms with van der Waals surface area (Å²) in [5.74, 6) is 0. The predicted octanol–water partition coefficient (Wildman–Crippen LogP) is 2.98. The largest absolute Gasteiger partial charge is 0.379 e. The Morgan fingerprint density at radius 3 is 3.00 bits per heavy atom. The monoisotopic (exact) mass is 307 g/mol. The van der Waals surface area contributed by atoms with Gasteiger partial charge in [-0.15, -0.1) is 0 Å². The molecule has 2 heterocycles. The first kappa shape index (κ1) is 11.9. The van der Waals surface area contributed by atoms with Gasteiger partial charge in [0.2, 0.25) is 0 Å². The summed E-state index contributed by atoms with van der Waals surface area (Å²) in [6, 6.07) is 4.40. The second kappa shape index (κ2) is 5.20. The highest BCUT2D eigenvalue weighted by Gasteiger charge is 2.15. The van der Waals surface area contributed by atoms with Gasteiger partial charge in [-0.1, -0.05) is 0 Å². The maximum absolute atomic E-state index is 5.48. The van der Waals surface area contributed by atoms with Crippen LogP contribution in [-0.4, -0.2) is 29.2 Å². The number of benzene rings is 1. The Kier molecular flexibility index (Phi) is 3.43. The molecule has 94 valence electrons. The molecule has 0 saturated carbocycles. The summed E-state index contributed by atoms with van der Waals surface area (Å²) >= 11 is 3.60. The number of ether oxygens (including phenoxy) is 1. The van der Waals surface area contributed by atoms with Crippen molar-refractivity contribution in [1.82, 2.24) is 9.97 Å². The van der Waals surface area contributed by atoms with Gasteiger partial charge >= 0.3 is 0 Å². The molecule has 0 spiro atoms. The van der Waals surface area contributed by atoms with E-state index in [1.54, 1.807) is 12.4 Å². The molecule has 4 nitrogen and oxygen atoms in total. The molecule has 1 saturated heterocycles. The fourth-order valence-electron chi connectivity index (χ4n) is 2.19. The van der Waals surface area contributed by atoms with Crippen LogP contribution in [0.3, 0.4) is 0 Å². The minimum atomic E-state index is 0.379. The van der Waals surface area contributed by atoms with Crippen LogP contribution in [-0.2, 0) is 4.74 Å². The molecule has 0 bridgehead atoms. The molecule has 1 unspecified atom stereocenters. The van der Waals surface area contributed by atoms with Crippen LogP contribution in [0.25, 0.3) is 11.0 Å². The van der Waals surface area contributed by atoms with Crippen LogP contribution in [0, 0.1) is 0 Å². The maximum atomic E-state index is 5.48. The van der Waals surface area contributed by atoms with Gasteiger partial charge in [0.15, 0.2) is 0 Å². The number of rotatable bonds is 2. The molecule has 5 heteroatoms. The highest BCUT2D eigenvalue weighted by molar-refractivity contribution is 9.10. The second-order valence-electron chi connectivity index (χ2n) is 4.41. The molecule has 1 aliphatic rings. The Balaban J connectivity index is 1.89. The Hall–Kier alpha value is -1.20. The third-order valence-electron chi connectivity index (χ3n) is 3.10. The molecule has 1 atom stereocenters. The molecule has 3 rings (SSSR count). The third kappa shape index (κ3) is 2.33. The molecule has 1 aliphatic heterocycles. The molecule has 0 aliphatic carbocycles. The number of aromatic nitrogens is 2. The Morgan fingerprint density at radius 2 is 2.17 bits per heavy atom. The van der Waals surface area contributed by atoms with E-state index >= 15 is 0 Å². The number of hydrogen-bond acceptors (Lipinski definition) is 4. The minimum absolute atomic E-state index is 0.379. The van der Waals surface area contributed by atoms with E-state index in [9.17, 15) is 0 Å². The first-order valence-corrected chi connectivity index (χ1v) is 6.87. The standard InChI is InChI=1S/C13H14BrN3O/c14-12-10(17-9-2-1-7-18-8-9)3-4-11-13(12)16-6-5-15-11/h3-6,9,17H,1-2,7-8H2. The molecule has 1 aromatic carbocycles. The van der Waals surface area contributed by atoms with Crippen molar-refractivity contribution in [3.05, 3.63) is 29.0 Å². The summed E-state index contributed by atoms with van der Waals surface area (Å²) in [6.07, 6.45) is 5.67. The third-order valence-corrected chi connectivity index (χ3v) is 3.90. The lowest BCUT2D eigenvalue weighted by atomic mass is 10.1. The lowest BCUT2D eigenvalue weighted by molar-refractivity contribution is 0.0876. The van der Waals surface area contributed by atoms with Crippen LogP contribution < -0.4 is 5.32 Å². The van der Waals surface area contributed by atoms with Crippen molar-refractivity contribution in [2.75, 3.05) is 18.5 Å². The molecule has 1 aromatic heterocycles. The molecule has 2 aromatic rings. The summed E-state index contributed by atoms with van der Waals surface area (Å²) in [5, 5.41) is 3.50. The van der Waals surface area contributed by atoms with Gasteiger partial charge in [-0.25, -0.2) is 0 Å². The van der Waals surface area contributed by atoms with E-state index in [4.69, 9.17) is 4.74 Å². The quantitative estimate of drug-likeness (QED) is 0.926. The summed E-state index contributed by atoms with van der Waals surface area (Å²) in [5.41, 5.74) is 2.84. The number of hydrogen-bond donors (Lipinski definition) is 1. The van der Waals surface area contributed by atoms with Crippen LogP contribution in [0.2, 0.25) is 0 Å². The number of fused-ring (bicyclic) bond motifs is 1. The van der Waals surface area contributed by atoms with E-state index < -0.39 is 0 Å². The van der Waals surface area contributed by atoms with Crippen LogP contribution in [0.4, 0.5) is 5.69 Å². The van der Waals surface area contributed by atoms with Gasteiger partial charge < -0.3 is 10.1 Å². The fraction of sp³-hybridized carbons (Fsp3) is 0.385. The van der Waals surface area contributed by atoms with Gasteiger partial charge in [0, 0.05) is 25.0 Å². The van der Waals surface area contributed by atoms with Crippen molar-refractivity contribution in [2.45, 2.75) is 18.9 Å². The van der Waals surface area contributed by atoms with Crippen molar-refractivity contribution >= 4 is 32.7 Å². The molecule has 1 N–H and O–H groups in total. The van der Waals surface area contributed by atoms with E-state index in [1.807, 2.05) is 12.1 Å². The Bertz CT molecular complexity index is 555. The molecule has 18 heavy (non-hydrogen) atoms. The lowest BCUT2D eigenvalue weighted by Crippen LogP contribution is -2.30. The maximum Gasteiger partial charge on any atom is 0.105 e. The average molecular weight is 308 g/mol. The van der Waals surface area contributed by atoms with Crippen LogP contribution in [0.1, 0.15) is 12.8 Å². The summed E-state index contributed by atoms with van der Waals surface area (Å²) in [4.78, 5) is 8.64. The van der Waals surface area contributed by atoms with Crippen molar-refractivity contribution in [1.29, 1.82) is 0 Å². The highest BCUT2D eigenvalue weighted by atomic mass is 79.9. The predicted molar refractivity (Wildman–Crippen MR) is 74.7 cm³/mol. The molecule has 1 fully saturated rings. The van der Waals surface area contributed by atoms with Gasteiger partial charge in [0.05, 0.1) is 22.3 Å². The van der Waals surface area contributed by atoms with E-state index in [-0.39, 0.29) is 0 Å². The van der Waals surface area contributed by atoms with Gasteiger partial charge in [0.25, 0.3) is 0 Å². The van der Waals surface area contributed by atoms with E-state index in [0.29, 0.717) is 6.04 Å². The topological polar surface area (TPSA) is 47.0 Å². The van der Waals surface area contributed by atoms with E-state index in [2.05, 4.69) is 31.2 Å². The smallest absolute Gasteiger partial charge is 0.105 e. The Labute approximate surface area is 114 Å². The minimum Gasteiger partial charge on any atom is -0.379 e. The van der Waals surface area contributed by atoms with Gasteiger partial charge in [0.1, 0.15) is 5.52 Å². The first-order chi connectivity index (χ1) is 8.84. The molecule has 0 radical (unpaired) electrons. The lowest BCUT2D eigenvalue weighted by Gasteiger charge is -2.24. The Morgan fingerprint density at radius 1 is 1.28 bits per heavy atom. The van der Waals surface area contributed by atoms with Gasteiger partial charge in [-0.05, 0) is 40.9 Å². The van der Waals surface area contributed by atoms with Crippen LogP contribution >= 0.6 is 15.9 Å². The fourth-order valence-corrected chi connectivity index (χ4v) is 2.74. The normalized spacial score (nSPS) is 19.9. The van der Waals surface area contributed by atoms with Gasteiger partial charge in [-0.3, -0.25) is 9.97 Å². The zero-order valence-electron chi connectivity index (χ0n) is 9.90. The summed E-state index contributed by atoms with van der Waals surface area (Å²) in [6.45, 7) is 1.65. The molecule has 0 amide bonds. The second-order valence-corrected chi connectivity index (χ2v) is 5.20. The summed E-state index contributed by atoms with van der Waals surface area (Å²) in [7, 11) is 0. The highest BCUT2D eigenvalue weighted by Crippen LogP contribution is 2.30. The van der Waals surface area contributed by atoms with E-state index in [1.165, 1.54) is 0 Å². The van der Waals surface area contributed by atoms with Crippen LogP contribution in [0.15, 0.2) is 29.0 Å². The number of nitrogens with one attached hydrogen (secondary N) is 1. The first-order valence-electron chi connectivity index (χ1n) is 6.08. The average Bonchev–Trinajstić information content (AvgIpc) is 2.43. The number of halogens is 1. The number of nitrogens with zero attached hydrogens (tertiary/aromatic N) is 2. The van der Waals surface area contributed by atoms with Crippen molar-refractivity contribution in [3.63, 3.8) is 0 Å². The zero-order valence-corrected chi connectivity index (χ0v) is 11.5. The number of anilines is 1.